The minimum Gasteiger partial charge on any atom is -0.455 e. The Morgan fingerprint density at radius 3 is 1.84 bits per heavy atom. The average Bonchev–Trinajstić information content (AvgIpc) is 3.86. The van der Waals surface area contributed by atoms with Crippen LogP contribution in [-0.4, -0.2) is 15.0 Å². The number of benzene rings is 8. The van der Waals surface area contributed by atoms with Gasteiger partial charge in [0.25, 0.3) is 0 Å². The number of nitrogens with zero attached hydrogens (tertiary/aromatic N) is 3. The molecule has 302 valence electrons. The zero-order valence-corrected chi connectivity index (χ0v) is 35.5. The molecule has 4 heteroatoms. The van der Waals surface area contributed by atoms with Gasteiger partial charge in [-0.1, -0.05) is 172 Å². The molecule has 0 fully saturated rings. The Morgan fingerprint density at radius 2 is 1.02 bits per heavy atom. The smallest absolute Gasteiger partial charge is 0.160 e. The van der Waals surface area contributed by atoms with Crippen LogP contribution in [0.5, 0.6) is 0 Å². The molecule has 0 aliphatic heterocycles. The van der Waals surface area contributed by atoms with E-state index in [0.717, 1.165) is 89.0 Å². The molecule has 11 aromatic rings. The lowest BCUT2D eigenvalue weighted by Gasteiger charge is -2.23. The van der Waals surface area contributed by atoms with Gasteiger partial charge in [-0.05, 0) is 98.1 Å². The number of hydrogen-bond acceptors (Lipinski definition) is 4. The largest absolute Gasteiger partial charge is 0.455 e. The van der Waals surface area contributed by atoms with Gasteiger partial charge in [0.05, 0.1) is 11.4 Å². The lowest BCUT2D eigenvalue weighted by atomic mass is 9.80. The molecule has 0 radical (unpaired) electrons. The number of pyridine rings is 1. The molecule has 0 saturated heterocycles. The van der Waals surface area contributed by atoms with Gasteiger partial charge >= 0.3 is 0 Å². The molecule has 0 N–H and O–H groups in total. The highest BCUT2D eigenvalue weighted by Gasteiger charge is 2.37. The summed E-state index contributed by atoms with van der Waals surface area (Å²) < 4.78 is 6.59. The fraction of sp³-hybridized carbons (Fsp3) is 0.0500. The molecule has 0 bridgehead atoms. The van der Waals surface area contributed by atoms with Gasteiger partial charge < -0.3 is 4.42 Å². The fourth-order valence-corrected chi connectivity index (χ4v) is 9.85. The maximum absolute atomic E-state index is 6.59. The molecular formula is C60H41N3O. The Kier molecular flexibility index (Phi) is 8.80. The summed E-state index contributed by atoms with van der Waals surface area (Å²) in [6.07, 6.45) is 3.84. The van der Waals surface area contributed by atoms with Crippen LogP contribution in [-0.2, 0) is 5.41 Å². The van der Waals surface area contributed by atoms with Gasteiger partial charge in [-0.15, -0.1) is 0 Å². The molecule has 0 amide bonds. The van der Waals surface area contributed by atoms with E-state index in [4.69, 9.17) is 14.4 Å². The van der Waals surface area contributed by atoms with Gasteiger partial charge in [-0.2, -0.15) is 0 Å². The molecular weight excluding hydrogens is 779 g/mol. The summed E-state index contributed by atoms with van der Waals surface area (Å²) in [5, 5.41) is 2.20. The Labute approximate surface area is 372 Å². The summed E-state index contributed by atoms with van der Waals surface area (Å²) in [5.41, 5.74) is 20.3. The number of furan rings is 1. The molecule has 12 rings (SSSR count). The molecule has 4 nitrogen and oxygen atoms in total. The van der Waals surface area contributed by atoms with Gasteiger partial charge in [0, 0.05) is 56.4 Å². The zero-order valence-electron chi connectivity index (χ0n) is 35.5. The lowest BCUT2D eigenvalue weighted by molar-refractivity contribution is 0.660. The van der Waals surface area contributed by atoms with Gasteiger partial charge in [0.2, 0.25) is 0 Å². The van der Waals surface area contributed by atoms with Crippen LogP contribution >= 0.6 is 0 Å². The van der Waals surface area contributed by atoms with Crippen LogP contribution in [0.15, 0.2) is 217 Å². The van der Waals surface area contributed by atoms with E-state index < -0.39 is 0 Å². The average molecular weight is 820 g/mol. The Morgan fingerprint density at radius 1 is 0.391 bits per heavy atom. The van der Waals surface area contributed by atoms with Crippen LogP contribution in [0.2, 0.25) is 0 Å². The second-order valence-electron chi connectivity index (χ2n) is 17.2. The third kappa shape index (κ3) is 6.26. The van der Waals surface area contributed by atoms with Crippen LogP contribution in [0.4, 0.5) is 0 Å². The minimum absolute atomic E-state index is 0.134. The van der Waals surface area contributed by atoms with Gasteiger partial charge in [0.1, 0.15) is 11.2 Å². The summed E-state index contributed by atoms with van der Waals surface area (Å²) in [5.74, 6) is 0.664. The number of aromatic nitrogens is 3. The Hall–Kier alpha value is -8.21. The molecule has 0 unspecified atom stereocenters. The lowest BCUT2D eigenvalue weighted by Crippen LogP contribution is -2.14. The second kappa shape index (κ2) is 15.0. The summed E-state index contributed by atoms with van der Waals surface area (Å²) in [6.45, 7) is 4.67. The van der Waals surface area contributed by atoms with Gasteiger partial charge in [-0.25, -0.2) is 9.97 Å². The number of hydrogen-bond donors (Lipinski definition) is 0. The third-order valence-corrected chi connectivity index (χ3v) is 13.0. The predicted molar refractivity (Wildman–Crippen MR) is 263 cm³/mol. The van der Waals surface area contributed by atoms with Crippen LogP contribution in [0, 0.1) is 0 Å². The summed E-state index contributed by atoms with van der Waals surface area (Å²) in [6, 6.07) is 70.9. The van der Waals surface area contributed by atoms with Crippen molar-refractivity contribution in [3.05, 3.63) is 224 Å². The Balaban J connectivity index is 1.06. The maximum atomic E-state index is 6.59. The third-order valence-electron chi connectivity index (χ3n) is 13.0. The van der Waals surface area contributed by atoms with E-state index in [2.05, 4.69) is 183 Å². The summed E-state index contributed by atoms with van der Waals surface area (Å²) >= 11 is 0. The standard InChI is InChI=1S/C60H41N3O/c1-60(2)51-27-11-9-24-50(51)57-52(60)30-29-46(56(57)42-22-15-31-61-37-42)40-20-13-21-41(32-40)53-36-54(63-59(62-53)39-18-7-4-8-19-39)45-34-43(38-16-5-3-6-17-38)33-44(35-45)47-25-14-26-49-48-23-10-12-28-55(48)64-58(47)49/h3-37H,1-2H3. The fourth-order valence-electron chi connectivity index (χ4n) is 9.85. The highest BCUT2D eigenvalue weighted by atomic mass is 16.3. The van der Waals surface area contributed by atoms with Gasteiger partial charge in [-0.3, -0.25) is 4.98 Å². The van der Waals surface area contributed by atoms with Crippen LogP contribution in [0.25, 0.3) is 111 Å². The quantitative estimate of drug-likeness (QED) is 0.161. The van der Waals surface area contributed by atoms with Crippen molar-refractivity contribution in [2.45, 2.75) is 19.3 Å². The molecule has 0 spiro atoms. The van der Waals surface area contributed by atoms with Crippen molar-refractivity contribution >= 4 is 21.9 Å². The normalized spacial score (nSPS) is 12.7. The predicted octanol–water partition coefficient (Wildman–Crippen LogP) is 15.7. The maximum Gasteiger partial charge on any atom is 0.160 e. The summed E-state index contributed by atoms with van der Waals surface area (Å²) in [7, 11) is 0. The van der Waals surface area contributed by atoms with Crippen molar-refractivity contribution < 1.29 is 4.42 Å². The number of para-hydroxylation sites is 2. The number of fused-ring (bicyclic) bond motifs is 6. The molecule has 64 heavy (non-hydrogen) atoms. The topological polar surface area (TPSA) is 51.8 Å². The molecule has 1 aliphatic carbocycles. The van der Waals surface area contributed by atoms with E-state index in [9.17, 15) is 0 Å². The van der Waals surface area contributed by atoms with Crippen molar-refractivity contribution in [2.24, 2.45) is 0 Å². The Bertz CT molecular complexity index is 3570. The first-order valence-electron chi connectivity index (χ1n) is 21.8. The van der Waals surface area contributed by atoms with Crippen LogP contribution in [0.3, 0.4) is 0 Å². The molecule has 0 atom stereocenters. The number of rotatable bonds is 7. The van der Waals surface area contributed by atoms with Crippen molar-refractivity contribution in [2.75, 3.05) is 0 Å². The van der Waals surface area contributed by atoms with Gasteiger partial charge in [0.15, 0.2) is 5.82 Å². The zero-order chi connectivity index (χ0) is 42.8. The summed E-state index contributed by atoms with van der Waals surface area (Å²) in [4.78, 5) is 15.3. The van der Waals surface area contributed by atoms with E-state index >= 15 is 0 Å². The second-order valence-corrected chi connectivity index (χ2v) is 17.2. The van der Waals surface area contributed by atoms with E-state index in [1.165, 1.54) is 27.8 Å². The van der Waals surface area contributed by atoms with Crippen LogP contribution in [0.1, 0.15) is 25.0 Å². The first-order chi connectivity index (χ1) is 31.5. The minimum atomic E-state index is -0.134. The van der Waals surface area contributed by atoms with Crippen LogP contribution < -0.4 is 0 Å². The van der Waals surface area contributed by atoms with Crippen molar-refractivity contribution in [1.29, 1.82) is 0 Å². The van der Waals surface area contributed by atoms with E-state index in [1.54, 1.807) is 0 Å². The molecule has 3 heterocycles. The van der Waals surface area contributed by atoms with E-state index in [0.29, 0.717) is 5.82 Å². The monoisotopic (exact) mass is 819 g/mol. The van der Waals surface area contributed by atoms with Crippen molar-refractivity contribution in [3.8, 4) is 89.5 Å². The van der Waals surface area contributed by atoms with Crippen molar-refractivity contribution in [3.63, 3.8) is 0 Å². The molecule has 1 aliphatic rings. The molecule has 3 aromatic heterocycles. The van der Waals surface area contributed by atoms with E-state index in [1.807, 2.05) is 48.8 Å². The molecule has 0 saturated carbocycles. The first kappa shape index (κ1) is 37.5. The first-order valence-corrected chi connectivity index (χ1v) is 21.8. The van der Waals surface area contributed by atoms with Crippen molar-refractivity contribution in [1.82, 2.24) is 15.0 Å². The highest BCUT2D eigenvalue weighted by Crippen LogP contribution is 2.54. The SMILES string of the molecule is CC1(C)c2ccccc2-c2c1ccc(-c1cccc(-c3cc(-c4cc(-c5ccccc5)cc(-c5cccc6c5oc5ccccc56)c4)nc(-c4ccccc4)n3)c1)c2-c1cccnc1. The highest BCUT2D eigenvalue weighted by molar-refractivity contribution is 6.10. The molecule has 8 aromatic carbocycles. The van der Waals surface area contributed by atoms with E-state index in [-0.39, 0.29) is 5.41 Å².